The predicted molar refractivity (Wildman–Crippen MR) is 71.2 cm³/mol. The number of carboxylic acid groups (broad SMARTS) is 1. The van der Waals surface area contributed by atoms with Gasteiger partial charge in [-0.3, -0.25) is 5.10 Å². The maximum Gasteiger partial charge on any atom is 0.340 e. The lowest BCUT2D eigenvalue weighted by atomic mass is 10.3. The van der Waals surface area contributed by atoms with Crippen molar-refractivity contribution in [1.82, 2.24) is 19.4 Å². The second kappa shape index (κ2) is 5.51. The number of likely N-dealkylation sites (N-methyl/N-ethyl adjacent to an activating group) is 1. The van der Waals surface area contributed by atoms with Gasteiger partial charge in [-0.25, -0.2) is 13.2 Å². The Morgan fingerprint density at radius 2 is 1.95 bits per heavy atom. The highest BCUT2D eigenvalue weighted by atomic mass is 32.2. The summed E-state index contributed by atoms with van der Waals surface area (Å²) in [5.74, 6) is -1.29. The fourth-order valence-corrected chi connectivity index (χ4v) is 3.80. The number of nitrogens with zero attached hydrogens (tertiary/aromatic N) is 3. The van der Waals surface area contributed by atoms with Crippen molar-refractivity contribution in [2.75, 3.05) is 32.7 Å². The van der Waals surface area contributed by atoms with Crippen molar-refractivity contribution in [2.45, 2.75) is 18.9 Å². The number of aromatic nitrogens is 2. The first kappa shape index (κ1) is 14.9. The maximum atomic E-state index is 12.5. The van der Waals surface area contributed by atoms with Crippen molar-refractivity contribution in [3.8, 4) is 0 Å². The average molecular weight is 302 g/mol. The number of aromatic amines is 1. The topological polar surface area (TPSA) is 107 Å². The molecule has 20 heavy (non-hydrogen) atoms. The molecular formula is C11H18N4O4S. The van der Waals surface area contributed by atoms with Crippen LogP contribution >= 0.6 is 0 Å². The zero-order chi connectivity index (χ0) is 14.9. The third kappa shape index (κ3) is 2.56. The molecular weight excluding hydrogens is 284 g/mol. The Balaban J connectivity index is 2.30. The van der Waals surface area contributed by atoms with Crippen LogP contribution in [0.15, 0.2) is 5.03 Å². The molecule has 0 unspecified atom stereocenters. The third-order valence-electron chi connectivity index (χ3n) is 3.49. The van der Waals surface area contributed by atoms with E-state index < -0.39 is 21.0 Å². The van der Waals surface area contributed by atoms with Crippen LogP contribution in [0.3, 0.4) is 0 Å². The van der Waals surface area contributed by atoms with Gasteiger partial charge in [-0.2, -0.15) is 9.40 Å². The first-order valence-electron chi connectivity index (χ1n) is 6.38. The Labute approximate surface area is 117 Å². The van der Waals surface area contributed by atoms with E-state index in [2.05, 4.69) is 15.1 Å². The number of nitrogens with one attached hydrogen (secondary N) is 1. The van der Waals surface area contributed by atoms with Crippen molar-refractivity contribution in [3.05, 3.63) is 11.3 Å². The molecule has 0 amide bonds. The number of carbonyl (C=O) groups is 1. The van der Waals surface area contributed by atoms with E-state index in [1.54, 1.807) is 0 Å². The molecule has 0 aromatic carbocycles. The summed E-state index contributed by atoms with van der Waals surface area (Å²) in [4.78, 5) is 13.3. The maximum absolute atomic E-state index is 12.5. The van der Waals surface area contributed by atoms with Gasteiger partial charge in [0.1, 0.15) is 5.56 Å². The van der Waals surface area contributed by atoms with Crippen LogP contribution in [0.25, 0.3) is 0 Å². The summed E-state index contributed by atoms with van der Waals surface area (Å²) in [5, 5.41) is 14.8. The Morgan fingerprint density at radius 3 is 2.45 bits per heavy atom. The molecule has 1 aliphatic rings. The number of piperazine rings is 1. The number of aromatic carboxylic acids is 1. The van der Waals surface area contributed by atoms with Gasteiger partial charge in [0.25, 0.3) is 10.0 Å². The van der Waals surface area contributed by atoms with E-state index >= 15 is 0 Å². The second-order valence-electron chi connectivity index (χ2n) is 4.67. The van der Waals surface area contributed by atoms with Crippen LogP contribution in [0, 0.1) is 6.92 Å². The van der Waals surface area contributed by atoms with Crippen molar-refractivity contribution in [2.24, 2.45) is 0 Å². The Hall–Kier alpha value is -1.45. The summed E-state index contributed by atoms with van der Waals surface area (Å²) >= 11 is 0. The fraction of sp³-hybridized carbons (Fsp3) is 0.636. The Morgan fingerprint density at radius 1 is 1.35 bits per heavy atom. The molecule has 1 aromatic heterocycles. The van der Waals surface area contributed by atoms with Gasteiger partial charge in [-0.05, 0) is 13.5 Å². The molecule has 8 nitrogen and oxygen atoms in total. The minimum Gasteiger partial charge on any atom is -0.478 e. The molecule has 1 saturated heterocycles. The van der Waals surface area contributed by atoms with E-state index in [1.807, 2.05) is 6.92 Å². The van der Waals surface area contributed by atoms with E-state index in [0.717, 1.165) is 6.54 Å². The first-order valence-corrected chi connectivity index (χ1v) is 7.82. The Bertz CT molecular complexity index is 602. The number of hydrogen-bond donors (Lipinski definition) is 2. The van der Waals surface area contributed by atoms with Crippen molar-refractivity contribution < 1.29 is 18.3 Å². The number of rotatable bonds is 4. The van der Waals surface area contributed by atoms with Gasteiger partial charge in [-0.15, -0.1) is 0 Å². The number of carboxylic acids is 1. The minimum atomic E-state index is -3.87. The van der Waals surface area contributed by atoms with Crippen LogP contribution in [-0.2, 0) is 10.0 Å². The molecule has 2 heterocycles. The predicted octanol–water partition coefficient (Wildman–Crippen LogP) is -0.257. The Kier molecular flexibility index (Phi) is 4.11. The molecule has 112 valence electrons. The summed E-state index contributed by atoms with van der Waals surface area (Å²) in [7, 11) is -3.87. The highest BCUT2D eigenvalue weighted by Crippen LogP contribution is 2.21. The van der Waals surface area contributed by atoms with Gasteiger partial charge in [-0.1, -0.05) is 6.92 Å². The molecule has 0 aliphatic carbocycles. The molecule has 1 fully saturated rings. The van der Waals surface area contributed by atoms with Crippen molar-refractivity contribution in [1.29, 1.82) is 0 Å². The first-order chi connectivity index (χ1) is 9.37. The molecule has 0 bridgehead atoms. The van der Waals surface area contributed by atoms with Crippen LogP contribution in [0.5, 0.6) is 0 Å². The smallest absolute Gasteiger partial charge is 0.340 e. The highest BCUT2D eigenvalue weighted by molar-refractivity contribution is 7.89. The quantitative estimate of drug-likeness (QED) is 0.794. The summed E-state index contributed by atoms with van der Waals surface area (Å²) in [6.45, 7) is 6.36. The van der Waals surface area contributed by atoms with Crippen molar-refractivity contribution >= 4 is 16.0 Å². The largest absolute Gasteiger partial charge is 0.478 e. The van der Waals surface area contributed by atoms with Crippen LogP contribution in [0.2, 0.25) is 0 Å². The van der Waals surface area contributed by atoms with Crippen molar-refractivity contribution in [3.63, 3.8) is 0 Å². The molecule has 2 N–H and O–H groups in total. The molecule has 0 radical (unpaired) electrons. The number of H-pyrrole nitrogens is 1. The molecule has 0 saturated carbocycles. The molecule has 0 atom stereocenters. The number of aryl methyl sites for hydroxylation is 1. The lowest BCUT2D eigenvalue weighted by Crippen LogP contribution is -2.48. The molecule has 1 aromatic rings. The van der Waals surface area contributed by atoms with E-state index in [-0.39, 0.29) is 11.3 Å². The monoisotopic (exact) mass is 302 g/mol. The van der Waals surface area contributed by atoms with Gasteiger partial charge >= 0.3 is 5.97 Å². The van der Waals surface area contributed by atoms with Crippen LogP contribution in [0.1, 0.15) is 23.0 Å². The lowest BCUT2D eigenvalue weighted by Gasteiger charge is -2.32. The van der Waals surface area contributed by atoms with E-state index in [4.69, 9.17) is 5.11 Å². The third-order valence-corrected chi connectivity index (χ3v) is 5.32. The van der Waals surface area contributed by atoms with Gasteiger partial charge < -0.3 is 10.0 Å². The van der Waals surface area contributed by atoms with Gasteiger partial charge in [0.15, 0.2) is 0 Å². The fourth-order valence-electron chi connectivity index (χ4n) is 2.25. The molecule has 1 aliphatic heterocycles. The zero-order valence-electron chi connectivity index (χ0n) is 11.5. The van der Waals surface area contributed by atoms with Gasteiger partial charge in [0, 0.05) is 31.9 Å². The number of hydrogen-bond acceptors (Lipinski definition) is 5. The average Bonchev–Trinajstić information content (AvgIpc) is 2.81. The highest BCUT2D eigenvalue weighted by Gasteiger charge is 2.34. The summed E-state index contributed by atoms with van der Waals surface area (Å²) < 4.78 is 26.3. The van der Waals surface area contributed by atoms with Gasteiger partial charge in [0.05, 0.1) is 0 Å². The van der Waals surface area contributed by atoms with E-state index in [0.29, 0.717) is 26.2 Å². The second-order valence-corrected chi connectivity index (χ2v) is 6.53. The normalized spacial score (nSPS) is 18.3. The summed E-state index contributed by atoms with van der Waals surface area (Å²) in [6, 6.07) is 0. The lowest BCUT2D eigenvalue weighted by molar-refractivity contribution is 0.0691. The number of sulfonamides is 1. The SMILES string of the molecule is CCN1CCN(S(=O)(=O)c2n[nH]c(C)c2C(=O)O)CC1. The standard InChI is InChI=1S/C11H18N4O4S/c1-3-14-4-6-15(7-5-14)20(18,19)10-9(11(16)17)8(2)12-13-10/h3-7H2,1-2H3,(H,12,13)(H,16,17). The van der Waals surface area contributed by atoms with Crippen LogP contribution in [0.4, 0.5) is 0 Å². The molecule has 9 heteroatoms. The summed E-state index contributed by atoms with van der Waals surface area (Å²) in [6.07, 6.45) is 0. The van der Waals surface area contributed by atoms with Gasteiger partial charge in [0.2, 0.25) is 5.03 Å². The van der Waals surface area contributed by atoms with E-state index in [1.165, 1.54) is 11.2 Å². The van der Waals surface area contributed by atoms with Crippen LogP contribution < -0.4 is 0 Å². The van der Waals surface area contributed by atoms with E-state index in [9.17, 15) is 13.2 Å². The minimum absolute atomic E-state index is 0.239. The molecule has 2 rings (SSSR count). The summed E-state index contributed by atoms with van der Waals surface area (Å²) in [5.41, 5.74) is -0.0359. The zero-order valence-corrected chi connectivity index (χ0v) is 12.3. The van der Waals surface area contributed by atoms with Crippen LogP contribution in [-0.4, -0.2) is 71.6 Å². The molecule has 0 spiro atoms.